The maximum absolute atomic E-state index is 14.5. The number of hydrogen-bond donors (Lipinski definition) is 1. The molecule has 8 heteroatoms. The lowest BCUT2D eigenvalue weighted by atomic mass is 10.00. The van der Waals surface area contributed by atoms with E-state index in [1.807, 2.05) is 91.5 Å². The zero-order valence-electron chi connectivity index (χ0n) is 20.9. The molecule has 1 N–H and O–H groups in total. The van der Waals surface area contributed by atoms with Gasteiger partial charge in [-0.2, -0.15) is 5.10 Å². The summed E-state index contributed by atoms with van der Waals surface area (Å²) in [5.41, 5.74) is 5.29. The highest BCUT2D eigenvalue weighted by Crippen LogP contribution is 2.39. The lowest BCUT2D eigenvalue weighted by Gasteiger charge is -2.31. The first-order valence-electron chi connectivity index (χ1n) is 12.3. The molecule has 5 aromatic rings. The molecule has 3 heterocycles. The topological polar surface area (TPSA) is 55.1 Å². The highest BCUT2D eigenvalue weighted by molar-refractivity contribution is 5.90. The van der Waals surface area contributed by atoms with Crippen molar-refractivity contribution >= 4 is 11.7 Å². The first-order chi connectivity index (χ1) is 18.4. The van der Waals surface area contributed by atoms with Gasteiger partial charge in [0.25, 0.3) is 0 Å². The smallest absolute Gasteiger partial charge is 0.307 e. The Morgan fingerprint density at radius 1 is 0.947 bits per heavy atom. The Hall–Kier alpha value is -4.72. The third kappa shape index (κ3) is 4.04. The van der Waals surface area contributed by atoms with E-state index in [-0.39, 0.29) is 12.2 Å². The standard InChI is InChI=1S/C30H25F2N5O/c1-19-8-6-9-21(16-19)28-27-12-7-15-35(27)29-24(20(2)34-37(29)23-10-4-3-5-11-23)18-36(28)30(38)33-26-14-13-22(31)17-25(26)32/h3-17,28H,18H2,1-2H3,(H,33,38)/t28-/m1/s1. The SMILES string of the molecule is Cc1cccc([C@@H]2c3cccn3-c3c(c(C)nn3-c3ccccc3)CN2C(=O)Nc2ccc(F)cc2F)c1. The lowest BCUT2D eigenvalue weighted by Crippen LogP contribution is -2.38. The van der Waals surface area contributed by atoms with Crippen LogP contribution in [0.2, 0.25) is 0 Å². The fourth-order valence-corrected chi connectivity index (χ4v) is 5.12. The molecule has 6 rings (SSSR count). The molecule has 1 aliphatic rings. The fourth-order valence-electron chi connectivity index (χ4n) is 5.12. The molecule has 38 heavy (non-hydrogen) atoms. The van der Waals surface area contributed by atoms with Crippen LogP contribution in [0.3, 0.4) is 0 Å². The van der Waals surface area contributed by atoms with Gasteiger partial charge in [0.1, 0.15) is 17.5 Å². The van der Waals surface area contributed by atoms with Crippen molar-refractivity contribution in [3.8, 4) is 11.5 Å². The molecule has 2 amide bonds. The lowest BCUT2D eigenvalue weighted by molar-refractivity contribution is 0.194. The van der Waals surface area contributed by atoms with Gasteiger partial charge in [-0.15, -0.1) is 0 Å². The van der Waals surface area contributed by atoms with Crippen LogP contribution in [-0.2, 0) is 6.54 Å². The monoisotopic (exact) mass is 509 g/mol. The summed E-state index contributed by atoms with van der Waals surface area (Å²) in [6, 6.07) is 23.9. The van der Waals surface area contributed by atoms with Crippen LogP contribution in [0.15, 0.2) is 91.1 Å². The molecule has 1 atom stereocenters. The predicted octanol–water partition coefficient (Wildman–Crippen LogP) is 6.70. The van der Waals surface area contributed by atoms with Gasteiger partial charge in [0.05, 0.1) is 35.3 Å². The van der Waals surface area contributed by atoms with Crippen molar-refractivity contribution in [2.45, 2.75) is 26.4 Å². The summed E-state index contributed by atoms with van der Waals surface area (Å²) < 4.78 is 32.0. The normalized spacial score (nSPS) is 14.5. The van der Waals surface area contributed by atoms with Crippen molar-refractivity contribution < 1.29 is 13.6 Å². The third-order valence-corrected chi connectivity index (χ3v) is 6.88. The number of anilines is 1. The molecule has 0 bridgehead atoms. The van der Waals surface area contributed by atoms with E-state index >= 15 is 0 Å². The van der Waals surface area contributed by atoms with E-state index in [9.17, 15) is 13.6 Å². The minimum Gasteiger partial charge on any atom is -0.307 e. The summed E-state index contributed by atoms with van der Waals surface area (Å²) in [5.74, 6) is -0.702. The van der Waals surface area contributed by atoms with Gasteiger partial charge in [-0.3, -0.25) is 0 Å². The Labute approximate surface area is 218 Å². The fraction of sp³-hybridized carbons (Fsp3) is 0.133. The number of nitrogens with zero attached hydrogens (tertiary/aromatic N) is 4. The Morgan fingerprint density at radius 3 is 2.53 bits per heavy atom. The van der Waals surface area contributed by atoms with E-state index in [0.29, 0.717) is 0 Å². The molecule has 2 aromatic heterocycles. The second-order valence-corrected chi connectivity index (χ2v) is 9.44. The second-order valence-electron chi connectivity index (χ2n) is 9.44. The number of rotatable bonds is 3. The number of aromatic nitrogens is 3. The molecular weight excluding hydrogens is 484 g/mol. The van der Waals surface area contributed by atoms with Crippen molar-refractivity contribution in [1.29, 1.82) is 0 Å². The number of para-hydroxylation sites is 1. The zero-order valence-corrected chi connectivity index (χ0v) is 20.9. The maximum atomic E-state index is 14.5. The van der Waals surface area contributed by atoms with Gasteiger partial charge in [0.15, 0.2) is 0 Å². The average Bonchev–Trinajstić information content (AvgIpc) is 3.46. The number of fused-ring (bicyclic) bond motifs is 3. The number of hydrogen-bond acceptors (Lipinski definition) is 2. The molecule has 0 unspecified atom stereocenters. The molecular formula is C30H25F2N5O. The summed E-state index contributed by atoms with van der Waals surface area (Å²) in [7, 11) is 0. The van der Waals surface area contributed by atoms with E-state index in [1.165, 1.54) is 6.07 Å². The Bertz CT molecular complexity index is 1660. The molecule has 0 fully saturated rings. The Morgan fingerprint density at radius 2 is 1.76 bits per heavy atom. The van der Waals surface area contributed by atoms with Crippen molar-refractivity contribution in [2.75, 3.05) is 5.32 Å². The first-order valence-corrected chi connectivity index (χ1v) is 12.3. The van der Waals surface area contributed by atoms with Gasteiger partial charge in [0.2, 0.25) is 0 Å². The summed E-state index contributed by atoms with van der Waals surface area (Å²) in [6.07, 6.45) is 1.97. The van der Waals surface area contributed by atoms with Crippen LogP contribution in [0.5, 0.6) is 0 Å². The molecule has 1 aliphatic heterocycles. The van der Waals surface area contributed by atoms with Crippen LogP contribution in [0.4, 0.5) is 19.3 Å². The molecule has 0 spiro atoms. The number of amides is 2. The van der Waals surface area contributed by atoms with Crippen LogP contribution in [0, 0.1) is 25.5 Å². The molecule has 6 nitrogen and oxygen atoms in total. The zero-order chi connectivity index (χ0) is 26.4. The number of benzene rings is 3. The number of carbonyl (C=O) groups excluding carboxylic acids is 1. The van der Waals surface area contributed by atoms with Gasteiger partial charge in [-0.05, 0) is 55.8 Å². The van der Waals surface area contributed by atoms with Crippen molar-refractivity contribution in [2.24, 2.45) is 0 Å². The Kier molecular flexibility index (Phi) is 5.79. The highest BCUT2D eigenvalue weighted by Gasteiger charge is 2.36. The number of carbonyl (C=O) groups is 1. The molecule has 0 aliphatic carbocycles. The molecule has 3 aromatic carbocycles. The first kappa shape index (κ1) is 23.7. The number of halogens is 2. The minimum atomic E-state index is -0.836. The van der Waals surface area contributed by atoms with Crippen molar-refractivity contribution in [1.82, 2.24) is 19.2 Å². The van der Waals surface area contributed by atoms with Crippen molar-refractivity contribution in [3.63, 3.8) is 0 Å². The largest absolute Gasteiger partial charge is 0.323 e. The van der Waals surface area contributed by atoms with Gasteiger partial charge >= 0.3 is 6.03 Å². The van der Waals surface area contributed by atoms with Gasteiger partial charge in [-0.1, -0.05) is 48.0 Å². The van der Waals surface area contributed by atoms with E-state index in [2.05, 4.69) is 9.88 Å². The number of urea groups is 1. The number of aryl methyl sites for hydroxylation is 2. The van der Waals surface area contributed by atoms with E-state index in [0.717, 1.165) is 51.7 Å². The summed E-state index contributed by atoms with van der Waals surface area (Å²) in [5, 5.41) is 7.50. The van der Waals surface area contributed by atoms with Gasteiger partial charge in [-0.25, -0.2) is 18.3 Å². The third-order valence-electron chi connectivity index (χ3n) is 6.88. The number of nitrogens with one attached hydrogen (secondary N) is 1. The van der Waals surface area contributed by atoms with Crippen molar-refractivity contribution in [3.05, 3.63) is 131 Å². The van der Waals surface area contributed by atoms with E-state index < -0.39 is 23.7 Å². The van der Waals surface area contributed by atoms with E-state index in [1.54, 1.807) is 4.90 Å². The summed E-state index contributed by atoms with van der Waals surface area (Å²) >= 11 is 0. The molecule has 0 saturated heterocycles. The predicted molar refractivity (Wildman–Crippen MR) is 142 cm³/mol. The van der Waals surface area contributed by atoms with Gasteiger partial charge < -0.3 is 14.8 Å². The molecule has 0 saturated carbocycles. The molecule has 0 radical (unpaired) electrons. The van der Waals surface area contributed by atoms with E-state index in [4.69, 9.17) is 5.10 Å². The second kappa shape index (κ2) is 9.30. The highest BCUT2D eigenvalue weighted by atomic mass is 19.1. The van der Waals surface area contributed by atoms with Crippen LogP contribution >= 0.6 is 0 Å². The average molecular weight is 510 g/mol. The quantitative estimate of drug-likeness (QED) is 0.294. The minimum absolute atomic E-state index is 0.0871. The van der Waals surface area contributed by atoms with Crippen LogP contribution in [0.25, 0.3) is 11.5 Å². The van der Waals surface area contributed by atoms with Crippen LogP contribution in [0.1, 0.15) is 34.1 Å². The Balaban J connectivity index is 1.54. The molecule has 190 valence electrons. The van der Waals surface area contributed by atoms with Crippen LogP contribution in [-0.4, -0.2) is 25.3 Å². The van der Waals surface area contributed by atoms with Gasteiger partial charge in [0, 0.05) is 17.8 Å². The maximum Gasteiger partial charge on any atom is 0.323 e. The summed E-state index contributed by atoms with van der Waals surface area (Å²) in [4.78, 5) is 15.6. The summed E-state index contributed by atoms with van der Waals surface area (Å²) in [6.45, 7) is 4.15. The van der Waals surface area contributed by atoms with Crippen LogP contribution < -0.4 is 5.32 Å².